The summed E-state index contributed by atoms with van der Waals surface area (Å²) in [4.78, 5) is 10.6. The Morgan fingerprint density at radius 1 is 1.17 bits per heavy atom. The molecule has 1 aromatic heterocycles. The number of benzene rings is 1. The number of anilines is 1. The number of hydrogen-bond donors (Lipinski definition) is 2. The van der Waals surface area contributed by atoms with Crippen LogP contribution >= 0.6 is 0 Å². The van der Waals surface area contributed by atoms with Gasteiger partial charge in [-0.15, -0.1) is 0 Å². The van der Waals surface area contributed by atoms with Crippen molar-refractivity contribution in [1.82, 2.24) is 15.3 Å². The molecule has 0 saturated carbocycles. The van der Waals surface area contributed by atoms with E-state index in [0.29, 0.717) is 11.8 Å². The molecule has 2 N–H and O–H groups in total. The molecule has 0 spiro atoms. The lowest BCUT2D eigenvalue weighted by Gasteiger charge is -2.23. The second-order valence-electron chi connectivity index (χ2n) is 6.73. The first kappa shape index (κ1) is 16.7. The first-order valence-corrected chi connectivity index (χ1v) is 8.68. The monoisotopic (exact) mass is 326 g/mol. The number of aromatic nitrogens is 2. The molecule has 0 radical (unpaired) electrons. The normalized spacial score (nSPS) is 17.7. The zero-order valence-corrected chi connectivity index (χ0v) is 14.5. The number of rotatable bonds is 5. The van der Waals surface area contributed by atoms with Crippen molar-refractivity contribution in [1.29, 1.82) is 0 Å². The van der Waals surface area contributed by atoms with E-state index in [1.54, 1.807) is 12.4 Å². The van der Waals surface area contributed by atoms with Gasteiger partial charge < -0.3 is 15.3 Å². The largest absolute Gasteiger partial charge is 0.508 e. The van der Waals surface area contributed by atoms with E-state index in [9.17, 15) is 5.11 Å². The second kappa shape index (κ2) is 7.62. The highest BCUT2D eigenvalue weighted by molar-refractivity contribution is 5.65. The van der Waals surface area contributed by atoms with Crippen LogP contribution in [0.3, 0.4) is 0 Å². The zero-order valence-electron chi connectivity index (χ0n) is 14.5. The Morgan fingerprint density at radius 2 is 2.04 bits per heavy atom. The van der Waals surface area contributed by atoms with Crippen molar-refractivity contribution in [2.45, 2.75) is 38.1 Å². The summed E-state index contributed by atoms with van der Waals surface area (Å²) in [5, 5.41) is 13.7. The lowest BCUT2D eigenvalue weighted by Crippen LogP contribution is -2.34. The van der Waals surface area contributed by atoms with Gasteiger partial charge in [0.05, 0.1) is 5.69 Å². The van der Waals surface area contributed by atoms with E-state index in [1.807, 2.05) is 31.1 Å². The van der Waals surface area contributed by atoms with Crippen LogP contribution in [-0.2, 0) is 6.42 Å². The molecule has 128 valence electrons. The fraction of sp³-hybridized carbons (Fsp3) is 0.474. The van der Waals surface area contributed by atoms with E-state index in [1.165, 1.54) is 19.3 Å². The number of hydrogen-bond acceptors (Lipinski definition) is 5. The third-order valence-electron chi connectivity index (χ3n) is 4.58. The average molecular weight is 326 g/mol. The predicted molar refractivity (Wildman–Crippen MR) is 97.4 cm³/mol. The lowest BCUT2D eigenvalue weighted by molar-refractivity contribution is 0.382. The summed E-state index contributed by atoms with van der Waals surface area (Å²) in [6, 6.07) is 8.31. The molecule has 24 heavy (non-hydrogen) atoms. The highest BCUT2D eigenvalue weighted by Gasteiger charge is 2.13. The Balaban J connectivity index is 1.77. The molecule has 5 nitrogen and oxygen atoms in total. The van der Waals surface area contributed by atoms with Gasteiger partial charge in [0.25, 0.3) is 0 Å². The maximum Gasteiger partial charge on any atom is 0.132 e. The Labute approximate surface area is 143 Å². The fourth-order valence-corrected chi connectivity index (χ4v) is 3.23. The van der Waals surface area contributed by atoms with Gasteiger partial charge in [0.15, 0.2) is 0 Å². The van der Waals surface area contributed by atoms with Crippen LogP contribution in [0.5, 0.6) is 5.75 Å². The van der Waals surface area contributed by atoms with Crippen LogP contribution in [0.4, 0.5) is 5.82 Å². The van der Waals surface area contributed by atoms with Crippen LogP contribution in [-0.4, -0.2) is 41.8 Å². The number of nitrogens with one attached hydrogen (secondary N) is 1. The van der Waals surface area contributed by atoms with Crippen LogP contribution in [0.2, 0.25) is 0 Å². The Kier molecular flexibility index (Phi) is 5.30. The molecule has 2 aromatic rings. The highest BCUT2D eigenvalue weighted by Crippen LogP contribution is 2.26. The summed E-state index contributed by atoms with van der Waals surface area (Å²) < 4.78 is 0. The second-order valence-corrected chi connectivity index (χ2v) is 6.73. The van der Waals surface area contributed by atoms with Crippen LogP contribution in [0, 0.1) is 0 Å². The summed E-state index contributed by atoms with van der Waals surface area (Å²) in [7, 11) is 3.91. The van der Waals surface area contributed by atoms with E-state index in [2.05, 4.69) is 21.4 Å². The van der Waals surface area contributed by atoms with Crippen LogP contribution < -0.4 is 10.2 Å². The number of aryl methyl sites for hydroxylation is 1. The summed E-state index contributed by atoms with van der Waals surface area (Å²) in [5.41, 5.74) is 2.93. The minimum Gasteiger partial charge on any atom is -0.508 e. The van der Waals surface area contributed by atoms with Gasteiger partial charge in [0, 0.05) is 31.8 Å². The van der Waals surface area contributed by atoms with Crippen molar-refractivity contribution >= 4 is 5.82 Å². The smallest absolute Gasteiger partial charge is 0.132 e. The Hall–Kier alpha value is -2.14. The summed E-state index contributed by atoms with van der Waals surface area (Å²) in [6.45, 7) is 1.13. The quantitative estimate of drug-likeness (QED) is 0.884. The molecule has 1 aliphatic heterocycles. The van der Waals surface area contributed by atoms with Gasteiger partial charge in [-0.05, 0) is 56.0 Å². The zero-order chi connectivity index (χ0) is 16.9. The van der Waals surface area contributed by atoms with Crippen molar-refractivity contribution in [3.8, 4) is 17.0 Å². The van der Waals surface area contributed by atoms with Gasteiger partial charge in [-0.3, -0.25) is 0 Å². The van der Waals surface area contributed by atoms with E-state index in [0.717, 1.165) is 42.0 Å². The molecule has 0 aliphatic carbocycles. The first-order chi connectivity index (χ1) is 11.6. The van der Waals surface area contributed by atoms with Crippen molar-refractivity contribution in [3.63, 3.8) is 0 Å². The number of phenolic OH excluding ortho intramolecular Hbond substituents is 1. The lowest BCUT2D eigenvalue weighted by atomic mass is 9.96. The maximum absolute atomic E-state index is 10.1. The average Bonchev–Trinajstić information content (AvgIpc) is 2.60. The molecular formula is C19H26N4O. The molecule has 0 bridgehead atoms. The molecule has 2 heterocycles. The number of aromatic hydroxyl groups is 1. The maximum atomic E-state index is 10.1. The van der Waals surface area contributed by atoms with Crippen molar-refractivity contribution in [2.75, 3.05) is 25.5 Å². The van der Waals surface area contributed by atoms with Crippen molar-refractivity contribution < 1.29 is 5.11 Å². The Bertz CT molecular complexity index is 681. The molecule has 1 saturated heterocycles. The molecule has 1 unspecified atom stereocenters. The molecule has 1 atom stereocenters. The molecule has 3 rings (SSSR count). The van der Waals surface area contributed by atoms with Gasteiger partial charge in [-0.1, -0.05) is 6.42 Å². The van der Waals surface area contributed by atoms with Gasteiger partial charge in [0.2, 0.25) is 0 Å². The molecule has 5 heteroatoms. The van der Waals surface area contributed by atoms with Crippen LogP contribution in [0.1, 0.15) is 31.2 Å². The standard InChI is InChI=1S/C19H26N4O/c1-23(2)19-12-18(21-13-22-19)15-9-14(10-17(24)11-15)6-7-16-5-3-4-8-20-16/h9-13,16,20,24H,3-8H2,1-2H3. The highest BCUT2D eigenvalue weighted by atomic mass is 16.3. The minimum absolute atomic E-state index is 0.295. The van der Waals surface area contributed by atoms with Crippen LogP contribution in [0.15, 0.2) is 30.6 Å². The third-order valence-corrected chi connectivity index (χ3v) is 4.58. The molecule has 1 aromatic carbocycles. The number of nitrogens with zero attached hydrogens (tertiary/aromatic N) is 3. The van der Waals surface area contributed by atoms with Crippen molar-refractivity contribution in [3.05, 3.63) is 36.2 Å². The minimum atomic E-state index is 0.295. The summed E-state index contributed by atoms with van der Waals surface area (Å²) in [5.74, 6) is 1.15. The predicted octanol–water partition coefficient (Wildman–Crippen LogP) is 2.99. The van der Waals surface area contributed by atoms with E-state index in [4.69, 9.17) is 0 Å². The van der Waals surface area contributed by atoms with Gasteiger partial charge in [-0.25, -0.2) is 9.97 Å². The topological polar surface area (TPSA) is 61.3 Å². The number of phenols is 1. The Morgan fingerprint density at radius 3 is 2.79 bits per heavy atom. The van der Waals surface area contributed by atoms with Gasteiger partial charge >= 0.3 is 0 Å². The van der Waals surface area contributed by atoms with Gasteiger partial charge in [-0.2, -0.15) is 0 Å². The van der Waals surface area contributed by atoms with E-state index in [-0.39, 0.29) is 0 Å². The third kappa shape index (κ3) is 4.23. The molecule has 1 aliphatic rings. The fourth-order valence-electron chi connectivity index (χ4n) is 3.23. The first-order valence-electron chi connectivity index (χ1n) is 8.68. The van der Waals surface area contributed by atoms with E-state index < -0.39 is 0 Å². The summed E-state index contributed by atoms with van der Waals surface area (Å²) >= 11 is 0. The summed E-state index contributed by atoms with van der Waals surface area (Å²) in [6.07, 6.45) is 7.50. The molecule has 1 fully saturated rings. The van der Waals surface area contributed by atoms with Crippen molar-refractivity contribution in [2.24, 2.45) is 0 Å². The van der Waals surface area contributed by atoms with Gasteiger partial charge in [0.1, 0.15) is 17.9 Å². The number of piperidine rings is 1. The SMILES string of the molecule is CN(C)c1cc(-c2cc(O)cc(CCC3CCCCN3)c2)ncn1. The molecular weight excluding hydrogens is 300 g/mol. The van der Waals surface area contributed by atoms with Crippen LogP contribution in [0.25, 0.3) is 11.3 Å². The molecule has 0 amide bonds. The van der Waals surface area contributed by atoms with E-state index >= 15 is 0 Å².